The molecule has 0 spiro atoms. The maximum Gasteiger partial charge on any atom is 0.191 e. The molecule has 0 atom stereocenters. The van der Waals surface area contributed by atoms with E-state index in [-0.39, 0.29) is 24.0 Å². The SMILES string of the molecule is CN=C(NCCCOCCOC)NCc1ccccn1.I. The van der Waals surface area contributed by atoms with Crippen LogP contribution in [0.1, 0.15) is 12.1 Å². The summed E-state index contributed by atoms with van der Waals surface area (Å²) in [5.41, 5.74) is 0.985. The third kappa shape index (κ3) is 10.4. The van der Waals surface area contributed by atoms with Gasteiger partial charge in [-0.1, -0.05) is 6.07 Å². The summed E-state index contributed by atoms with van der Waals surface area (Å²) in [6.45, 7) is 3.47. The molecule has 0 aliphatic rings. The monoisotopic (exact) mass is 408 g/mol. The number of ether oxygens (including phenoxy) is 2. The molecule has 1 heterocycles. The van der Waals surface area contributed by atoms with Crippen LogP contribution in [-0.4, -0.2) is 51.5 Å². The molecule has 0 aliphatic heterocycles. The van der Waals surface area contributed by atoms with E-state index < -0.39 is 0 Å². The van der Waals surface area contributed by atoms with Crippen molar-refractivity contribution in [1.82, 2.24) is 15.6 Å². The van der Waals surface area contributed by atoms with Crippen LogP contribution in [0, 0.1) is 0 Å². The topological polar surface area (TPSA) is 67.8 Å². The molecule has 0 amide bonds. The van der Waals surface area contributed by atoms with Crippen molar-refractivity contribution in [2.24, 2.45) is 4.99 Å². The van der Waals surface area contributed by atoms with Crippen LogP contribution in [0.2, 0.25) is 0 Å². The first-order valence-corrected chi connectivity index (χ1v) is 6.78. The first-order valence-electron chi connectivity index (χ1n) is 6.78. The molecule has 1 rings (SSSR count). The van der Waals surface area contributed by atoms with Crippen molar-refractivity contribution in [3.63, 3.8) is 0 Å². The van der Waals surface area contributed by atoms with Gasteiger partial charge in [0.05, 0.1) is 25.5 Å². The predicted molar refractivity (Wildman–Crippen MR) is 95.2 cm³/mol. The summed E-state index contributed by atoms with van der Waals surface area (Å²) in [5, 5.41) is 6.44. The Kier molecular flexibility index (Phi) is 13.4. The van der Waals surface area contributed by atoms with Gasteiger partial charge in [-0.3, -0.25) is 9.98 Å². The molecule has 0 aromatic carbocycles. The second-order valence-electron chi connectivity index (χ2n) is 4.13. The highest BCUT2D eigenvalue weighted by atomic mass is 127. The minimum atomic E-state index is 0. The van der Waals surface area contributed by atoms with Crippen LogP contribution in [0.5, 0.6) is 0 Å². The molecule has 2 N–H and O–H groups in total. The Morgan fingerprint density at radius 1 is 1.24 bits per heavy atom. The predicted octanol–water partition coefficient (Wildman–Crippen LogP) is 1.42. The fourth-order valence-corrected chi connectivity index (χ4v) is 1.52. The average Bonchev–Trinajstić information content (AvgIpc) is 2.50. The maximum atomic E-state index is 5.38. The van der Waals surface area contributed by atoms with E-state index in [1.807, 2.05) is 18.2 Å². The number of aromatic nitrogens is 1. The molecule has 0 radical (unpaired) electrons. The Hall–Kier alpha value is -0.930. The molecule has 0 aliphatic carbocycles. The number of nitrogens with zero attached hydrogens (tertiary/aromatic N) is 2. The van der Waals surface area contributed by atoms with E-state index in [1.165, 1.54) is 0 Å². The van der Waals surface area contributed by atoms with Gasteiger partial charge in [0.15, 0.2) is 5.96 Å². The zero-order chi connectivity index (χ0) is 14.5. The molecule has 0 unspecified atom stereocenters. The third-order valence-corrected chi connectivity index (χ3v) is 2.58. The molecule has 0 fully saturated rings. The van der Waals surface area contributed by atoms with E-state index >= 15 is 0 Å². The lowest BCUT2D eigenvalue weighted by Crippen LogP contribution is -2.37. The molecule has 0 bridgehead atoms. The van der Waals surface area contributed by atoms with Gasteiger partial charge in [0.1, 0.15) is 0 Å². The van der Waals surface area contributed by atoms with E-state index in [4.69, 9.17) is 9.47 Å². The summed E-state index contributed by atoms with van der Waals surface area (Å²) in [6.07, 6.45) is 2.71. The lowest BCUT2D eigenvalue weighted by Gasteiger charge is -2.11. The number of nitrogens with one attached hydrogen (secondary N) is 2. The van der Waals surface area contributed by atoms with Crippen LogP contribution >= 0.6 is 24.0 Å². The summed E-state index contributed by atoms with van der Waals surface area (Å²) in [6, 6.07) is 5.85. The number of hydrogen-bond donors (Lipinski definition) is 2. The minimum Gasteiger partial charge on any atom is -0.382 e. The van der Waals surface area contributed by atoms with Gasteiger partial charge in [-0.2, -0.15) is 0 Å². The smallest absolute Gasteiger partial charge is 0.191 e. The summed E-state index contributed by atoms with van der Waals surface area (Å²) in [7, 11) is 3.42. The fourth-order valence-electron chi connectivity index (χ4n) is 1.52. The van der Waals surface area contributed by atoms with Gasteiger partial charge < -0.3 is 20.1 Å². The quantitative estimate of drug-likeness (QED) is 0.280. The van der Waals surface area contributed by atoms with E-state index in [0.717, 1.165) is 24.6 Å². The number of halogens is 1. The van der Waals surface area contributed by atoms with Gasteiger partial charge in [-0.05, 0) is 18.6 Å². The highest BCUT2D eigenvalue weighted by Gasteiger charge is 1.98. The Bertz CT molecular complexity index is 376. The second kappa shape index (κ2) is 14.0. The number of methoxy groups -OCH3 is 1. The van der Waals surface area contributed by atoms with Gasteiger partial charge in [0, 0.05) is 33.5 Å². The summed E-state index contributed by atoms with van der Waals surface area (Å²) < 4.78 is 10.3. The summed E-state index contributed by atoms with van der Waals surface area (Å²) in [4.78, 5) is 8.40. The van der Waals surface area contributed by atoms with E-state index in [2.05, 4.69) is 20.6 Å². The number of guanidine groups is 1. The summed E-state index contributed by atoms with van der Waals surface area (Å²) in [5.74, 6) is 0.771. The zero-order valence-corrected chi connectivity index (χ0v) is 15.0. The van der Waals surface area contributed by atoms with Crippen LogP contribution in [0.25, 0.3) is 0 Å². The van der Waals surface area contributed by atoms with Crippen molar-refractivity contribution >= 4 is 29.9 Å². The molecule has 7 heteroatoms. The average molecular weight is 408 g/mol. The van der Waals surface area contributed by atoms with Gasteiger partial charge >= 0.3 is 0 Å². The molecule has 1 aromatic heterocycles. The highest BCUT2D eigenvalue weighted by Crippen LogP contribution is 1.91. The normalized spacial score (nSPS) is 10.9. The number of hydrogen-bond acceptors (Lipinski definition) is 4. The second-order valence-corrected chi connectivity index (χ2v) is 4.13. The van der Waals surface area contributed by atoms with Gasteiger partial charge in [-0.25, -0.2) is 0 Å². The molecule has 21 heavy (non-hydrogen) atoms. The molecular weight excluding hydrogens is 383 g/mol. The molecular formula is C14H25IN4O2. The van der Waals surface area contributed by atoms with Crippen LogP contribution in [0.15, 0.2) is 29.4 Å². The first kappa shape index (κ1) is 20.1. The van der Waals surface area contributed by atoms with Crippen molar-refractivity contribution in [1.29, 1.82) is 0 Å². The van der Waals surface area contributed by atoms with E-state index in [9.17, 15) is 0 Å². The summed E-state index contributed by atoms with van der Waals surface area (Å²) >= 11 is 0. The molecule has 0 saturated carbocycles. The molecule has 1 aromatic rings. The fraction of sp³-hybridized carbons (Fsp3) is 0.571. The van der Waals surface area contributed by atoms with Crippen LogP contribution in [-0.2, 0) is 16.0 Å². The van der Waals surface area contributed by atoms with Crippen molar-refractivity contribution in [2.45, 2.75) is 13.0 Å². The Labute approximate surface area is 143 Å². The van der Waals surface area contributed by atoms with Crippen molar-refractivity contribution in [3.8, 4) is 0 Å². The largest absolute Gasteiger partial charge is 0.382 e. The lowest BCUT2D eigenvalue weighted by molar-refractivity contribution is 0.0698. The Balaban J connectivity index is 0.00000400. The maximum absolute atomic E-state index is 5.38. The van der Waals surface area contributed by atoms with Crippen LogP contribution in [0.4, 0.5) is 0 Å². The standard InChI is InChI=1S/C14H24N4O2.HI/c1-15-14(17-8-5-9-20-11-10-19-2)18-12-13-6-3-4-7-16-13;/h3-4,6-7H,5,8-12H2,1-2H3,(H2,15,17,18);1H. The number of rotatable bonds is 9. The number of pyridine rings is 1. The van der Waals surface area contributed by atoms with Crippen LogP contribution in [0.3, 0.4) is 0 Å². The van der Waals surface area contributed by atoms with Crippen LogP contribution < -0.4 is 10.6 Å². The molecule has 6 nitrogen and oxygen atoms in total. The first-order chi connectivity index (χ1) is 9.86. The van der Waals surface area contributed by atoms with Gasteiger partial charge in [-0.15, -0.1) is 24.0 Å². The zero-order valence-electron chi connectivity index (χ0n) is 12.7. The van der Waals surface area contributed by atoms with E-state index in [1.54, 1.807) is 20.4 Å². The molecule has 0 saturated heterocycles. The Morgan fingerprint density at radius 3 is 2.76 bits per heavy atom. The Morgan fingerprint density at radius 2 is 2.10 bits per heavy atom. The third-order valence-electron chi connectivity index (χ3n) is 2.58. The van der Waals surface area contributed by atoms with E-state index in [0.29, 0.717) is 26.4 Å². The highest BCUT2D eigenvalue weighted by molar-refractivity contribution is 14.0. The number of aliphatic imine (C=N–C) groups is 1. The van der Waals surface area contributed by atoms with Gasteiger partial charge in [0.2, 0.25) is 0 Å². The lowest BCUT2D eigenvalue weighted by atomic mass is 10.3. The van der Waals surface area contributed by atoms with Crippen molar-refractivity contribution in [3.05, 3.63) is 30.1 Å². The molecule has 120 valence electrons. The minimum absolute atomic E-state index is 0. The van der Waals surface area contributed by atoms with Gasteiger partial charge in [0.25, 0.3) is 0 Å². The van der Waals surface area contributed by atoms with Crippen molar-refractivity contribution in [2.75, 3.05) is 40.5 Å². The van der Waals surface area contributed by atoms with Crippen molar-refractivity contribution < 1.29 is 9.47 Å².